The van der Waals surface area contributed by atoms with Crippen LogP contribution in [-0.4, -0.2) is 97.8 Å². The van der Waals surface area contributed by atoms with E-state index in [9.17, 15) is 24.0 Å². The predicted octanol–water partition coefficient (Wildman–Crippen LogP) is 3.92. The Kier molecular flexibility index (Phi) is 15.8. The van der Waals surface area contributed by atoms with E-state index in [-0.39, 0.29) is 19.4 Å². The van der Waals surface area contributed by atoms with Crippen LogP contribution in [0.5, 0.6) is 5.75 Å². The normalized spacial score (nSPS) is 24.6. The molecular weight excluding hydrogens is 718 g/mol. The Labute approximate surface area is 319 Å². The highest BCUT2D eigenvalue weighted by Crippen LogP contribution is 2.30. The highest BCUT2D eigenvalue weighted by atomic mass is 16.8. The summed E-state index contributed by atoms with van der Waals surface area (Å²) in [5.41, 5.74) is 2.22. The second-order valence-corrected chi connectivity index (χ2v) is 12.7. The zero-order valence-electron chi connectivity index (χ0n) is 31.5. The molecule has 0 N–H and O–H groups in total. The topological polar surface area (TPSA) is 181 Å². The SMILES string of the molecule is CC(=O)OC[C@H]1O[C@@H](ON=C(C)CCC(=O)OC[C@H]2O[C@H](C#Cc3ccccc3)C=C[C@H]2Oc2ccc(C)cc2)[C@H](OC(C)=O)[C@@H](OC(C)=O)[C@H]1OC(C)=O. The second-order valence-electron chi connectivity index (χ2n) is 12.7. The summed E-state index contributed by atoms with van der Waals surface area (Å²) in [4.78, 5) is 66.2. The predicted molar refractivity (Wildman–Crippen MR) is 193 cm³/mol. The number of oxime groups is 1. The van der Waals surface area contributed by atoms with Crippen molar-refractivity contribution in [1.29, 1.82) is 0 Å². The summed E-state index contributed by atoms with van der Waals surface area (Å²) in [7, 11) is 0. The van der Waals surface area contributed by atoms with E-state index in [2.05, 4.69) is 17.0 Å². The van der Waals surface area contributed by atoms with E-state index in [1.54, 1.807) is 13.0 Å². The number of benzene rings is 2. The van der Waals surface area contributed by atoms with Crippen molar-refractivity contribution in [3.8, 4) is 17.6 Å². The maximum absolute atomic E-state index is 12.9. The van der Waals surface area contributed by atoms with Crippen molar-refractivity contribution in [1.82, 2.24) is 0 Å². The van der Waals surface area contributed by atoms with E-state index < -0.39 is 85.5 Å². The minimum absolute atomic E-state index is 0.0873. The third-order valence-corrected chi connectivity index (χ3v) is 7.95. The third-order valence-electron chi connectivity index (χ3n) is 7.95. The molecule has 2 aliphatic rings. The van der Waals surface area contributed by atoms with E-state index in [1.807, 2.05) is 67.6 Å². The van der Waals surface area contributed by atoms with Crippen molar-refractivity contribution in [3.63, 3.8) is 0 Å². The molecule has 0 amide bonds. The monoisotopic (exact) mass is 763 g/mol. The first-order valence-corrected chi connectivity index (χ1v) is 17.6. The lowest BCUT2D eigenvalue weighted by Crippen LogP contribution is -2.62. The summed E-state index contributed by atoms with van der Waals surface area (Å²) in [6.45, 7) is 7.50. The van der Waals surface area contributed by atoms with Crippen molar-refractivity contribution >= 4 is 35.6 Å². The number of carbonyl (C=O) groups excluding carboxylic acids is 5. The molecule has 0 aromatic heterocycles. The van der Waals surface area contributed by atoms with Crippen LogP contribution in [0.3, 0.4) is 0 Å². The van der Waals surface area contributed by atoms with Gasteiger partial charge in [0.15, 0.2) is 12.2 Å². The van der Waals surface area contributed by atoms with Crippen LogP contribution in [0.15, 0.2) is 71.9 Å². The van der Waals surface area contributed by atoms with Crippen molar-refractivity contribution in [2.45, 2.75) is 103 Å². The van der Waals surface area contributed by atoms with Crippen LogP contribution in [0, 0.1) is 18.8 Å². The number of nitrogens with zero attached hydrogens (tertiary/aromatic N) is 1. The van der Waals surface area contributed by atoms with Crippen LogP contribution in [0.2, 0.25) is 0 Å². The highest BCUT2D eigenvalue weighted by Gasteiger charge is 2.53. The van der Waals surface area contributed by atoms with Gasteiger partial charge in [0.1, 0.15) is 43.4 Å². The summed E-state index contributed by atoms with van der Waals surface area (Å²) in [5.74, 6) is 3.24. The van der Waals surface area contributed by atoms with Crippen LogP contribution in [-0.2, 0) is 62.0 Å². The number of ether oxygens (including phenoxy) is 8. The Morgan fingerprint density at radius 1 is 0.691 bits per heavy atom. The molecule has 0 aliphatic carbocycles. The molecule has 15 heteroatoms. The lowest BCUT2D eigenvalue weighted by atomic mass is 9.98. The smallest absolute Gasteiger partial charge is 0.306 e. The number of rotatable bonds is 14. The molecule has 0 radical (unpaired) electrons. The molecule has 1 saturated heterocycles. The lowest BCUT2D eigenvalue weighted by Gasteiger charge is -2.43. The lowest BCUT2D eigenvalue weighted by molar-refractivity contribution is -0.308. The largest absolute Gasteiger partial charge is 0.483 e. The van der Waals surface area contributed by atoms with E-state index in [4.69, 9.17) is 42.7 Å². The Morgan fingerprint density at radius 3 is 1.98 bits per heavy atom. The van der Waals surface area contributed by atoms with Crippen LogP contribution >= 0.6 is 0 Å². The van der Waals surface area contributed by atoms with E-state index in [0.29, 0.717) is 11.5 Å². The molecule has 15 nitrogen and oxygen atoms in total. The van der Waals surface area contributed by atoms with Gasteiger partial charge in [0, 0.05) is 33.3 Å². The van der Waals surface area contributed by atoms with Crippen molar-refractivity contribution in [2.75, 3.05) is 13.2 Å². The summed E-state index contributed by atoms with van der Waals surface area (Å²) < 4.78 is 45.0. The molecule has 294 valence electrons. The van der Waals surface area contributed by atoms with Crippen molar-refractivity contribution in [3.05, 3.63) is 77.9 Å². The molecule has 0 saturated carbocycles. The second kappa shape index (κ2) is 20.7. The number of esters is 5. The Bertz CT molecular complexity index is 1760. The summed E-state index contributed by atoms with van der Waals surface area (Å²) in [6, 6.07) is 17.0. The fourth-order valence-corrected chi connectivity index (χ4v) is 5.42. The number of carbonyl (C=O) groups is 5. The average Bonchev–Trinajstić information content (AvgIpc) is 3.14. The van der Waals surface area contributed by atoms with Crippen LogP contribution in [0.4, 0.5) is 0 Å². The highest BCUT2D eigenvalue weighted by molar-refractivity contribution is 5.85. The molecule has 0 unspecified atom stereocenters. The molecule has 55 heavy (non-hydrogen) atoms. The number of hydrogen-bond donors (Lipinski definition) is 0. The summed E-state index contributed by atoms with van der Waals surface area (Å²) in [6.07, 6.45) is -5.12. The molecule has 1 fully saturated rings. The fraction of sp³-hybridized carbons (Fsp3) is 0.450. The van der Waals surface area contributed by atoms with Gasteiger partial charge in [-0.25, -0.2) is 0 Å². The molecule has 2 heterocycles. The fourth-order valence-electron chi connectivity index (χ4n) is 5.42. The van der Waals surface area contributed by atoms with Gasteiger partial charge in [-0.05, 0) is 56.7 Å². The van der Waals surface area contributed by atoms with E-state index in [1.165, 1.54) is 0 Å². The first-order valence-electron chi connectivity index (χ1n) is 17.6. The van der Waals surface area contributed by atoms with Gasteiger partial charge in [-0.1, -0.05) is 52.9 Å². The minimum atomic E-state index is -1.51. The molecule has 4 rings (SSSR count). The van der Waals surface area contributed by atoms with Gasteiger partial charge < -0.3 is 42.7 Å². The molecule has 2 aromatic carbocycles. The standard InChI is InChI=1S/C40H45NO14/c1-24-12-16-31(17-13-24)52-33-20-19-32(18-15-30-10-8-7-9-11-30)53-34(33)22-48-36(46)21-14-25(2)41-55-40-39(51-29(6)45)38(50-28(5)44)37(49-27(4)43)35(54-40)23-47-26(3)42/h7-13,16-17,19-20,32-35,37-40H,14,21-23H2,1-6H3/t32-,33-,34-,35-,37+,38+,39-,40+/m1/s1. The Hall–Kier alpha value is -5.72. The molecule has 0 bridgehead atoms. The maximum Gasteiger partial charge on any atom is 0.306 e. The van der Waals surface area contributed by atoms with Crippen LogP contribution in [0.1, 0.15) is 58.6 Å². The molecule has 8 atom stereocenters. The van der Waals surface area contributed by atoms with Gasteiger partial charge in [-0.3, -0.25) is 24.0 Å². The van der Waals surface area contributed by atoms with Crippen LogP contribution < -0.4 is 4.74 Å². The first kappa shape index (κ1) is 42.0. The van der Waals surface area contributed by atoms with Gasteiger partial charge in [0.05, 0.1) is 12.1 Å². The Balaban J connectivity index is 1.41. The van der Waals surface area contributed by atoms with Gasteiger partial charge in [0.2, 0.25) is 6.10 Å². The van der Waals surface area contributed by atoms with E-state index in [0.717, 1.165) is 38.8 Å². The van der Waals surface area contributed by atoms with Gasteiger partial charge >= 0.3 is 29.8 Å². The molecule has 2 aromatic rings. The molecule has 2 aliphatic heterocycles. The van der Waals surface area contributed by atoms with Gasteiger partial charge in [-0.15, -0.1) is 0 Å². The van der Waals surface area contributed by atoms with Gasteiger partial charge in [0.25, 0.3) is 6.29 Å². The summed E-state index contributed by atoms with van der Waals surface area (Å²) >= 11 is 0. The zero-order valence-corrected chi connectivity index (χ0v) is 31.5. The number of aryl methyl sites for hydroxylation is 1. The number of hydrogen-bond acceptors (Lipinski definition) is 15. The summed E-state index contributed by atoms with van der Waals surface area (Å²) in [5, 5.41) is 4.04. The third kappa shape index (κ3) is 13.9. The van der Waals surface area contributed by atoms with E-state index >= 15 is 0 Å². The molecule has 0 spiro atoms. The quantitative estimate of drug-likeness (QED) is 0.0675. The zero-order chi connectivity index (χ0) is 39.9. The average molecular weight is 764 g/mol. The van der Waals surface area contributed by atoms with Crippen molar-refractivity contribution < 1.29 is 66.7 Å². The first-order chi connectivity index (χ1) is 26.3. The minimum Gasteiger partial charge on any atom is -0.483 e. The Morgan fingerprint density at radius 2 is 1.33 bits per heavy atom. The van der Waals surface area contributed by atoms with Crippen LogP contribution in [0.25, 0.3) is 0 Å². The maximum atomic E-state index is 12.9. The molecular formula is C40H45NO14. The van der Waals surface area contributed by atoms with Crippen molar-refractivity contribution in [2.24, 2.45) is 5.16 Å². The van der Waals surface area contributed by atoms with Gasteiger partial charge in [-0.2, -0.15) is 0 Å².